The molecule has 5 nitrogen and oxygen atoms in total. The number of piperidine rings is 1. The third kappa shape index (κ3) is 2.53. The Morgan fingerprint density at radius 2 is 1.96 bits per heavy atom. The van der Waals surface area contributed by atoms with E-state index in [1.165, 1.54) is 24.1 Å². The van der Waals surface area contributed by atoms with Crippen molar-refractivity contribution in [3.05, 3.63) is 17.1 Å². The first-order chi connectivity index (χ1) is 11.6. The van der Waals surface area contributed by atoms with Gasteiger partial charge in [-0.3, -0.25) is 0 Å². The smallest absolute Gasteiger partial charge is 0.135 e. The van der Waals surface area contributed by atoms with Gasteiger partial charge in [-0.2, -0.15) is 0 Å². The first-order valence-corrected chi connectivity index (χ1v) is 9.55. The van der Waals surface area contributed by atoms with Gasteiger partial charge in [0.2, 0.25) is 0 Å². The number of ether oxygens (including phenoxy) is 1. The topological polar surface area (TPSA) is 58.5 Å². The average molecular weight is 331 g/mol. The van der Waals surface area contributed by atoms with E-state index in [4.69, 9.17) is 9.72 Å². The van der Waals surface area contributed by atoms with Gasteiger partial charge in [0, 0.05) is 42.8 Å². The predicted octanol–water partition coefficient (Wildman–Crippen LogP) is 2.42. The standard InChI is InChI=1S/C19H29N3O2/c1-3-24-17-12-16(23)19(17)8-10-22(11-9-19)18-14-6-4-5-7-15(14)20-13(2)21-18/h16-17,23H,3-12H2,1-2H3. The summed E-state index contributed by atoms with van der Waals surface area (Å²) in [7, 11) is 0. The van der Waals surface area contributed by atoms with Crippen LogP contribution < -0.4 is 4.90 Å². The molecular formula is C19H29N3O2. The molecule has 2 heterocycles. The second-order valence-electron chi connectivity index (χ2n) is 7.64. The molecule has 0 amide bonds. The maximum absolute atomic E-state index is 10.4. The molecular weight excluding hydrogens is 302 g/mol. The highest BCUT2D eigenvalue weighted by molar-refractivity contribution is 5.51. The zero-order valence-corrected chi connectivity index (χ0v) is 14.9. The lowest BCUT2D eigenvalue weighted by molar-refractivity contribution is -0.199. The summed E-state index contributed by atoms with van der Waals surface area (Å²) in [5.41, 5.74) is 2.62. The van der Waals surface area contributed by atoms with Crippen molar-refractivity contribution >= 4 is 5.82 Å². The van der Waals surface area contributed by atoms with Gasteiger partial charge in [0.1, 0.15) is 11.6 Å². The van der Waals surface area contributed by atoms with Crippen molar-refractivity contribution in [3.63, 3.8) is 0 Å². The van der Waals surface area contributed by atoms with Crippen LogP contribution in [-0.4, -0.2) is 47.0 Å². The van der Waals surface area contributed by atoms with Crippen LogP contribution in [0.15, 0.2) is 0 Å². The highest BCUT2D eigenvalue weighted by Gasteiger charge is 2.56. The lowest BCUT2D eigenvalue weighted by Gasteiger charge is -2.56. The summed E-state index contributed by atoms with van der Waals surface area (Å²) < 4.78 is 5.89. The molecule has 2 unspecified atom stereocenters. The summed E-state index contributed by atoms with van der Waals surface area (Å²) >= 11 is 0. The van der Waals surface area contributed by atoms with E-state index < -0.39 is 0 Å². The van der Waals surface area contributed by atoms with E-state index in [0.717, 1.165) is 63.4 Å². The van der Waals surface area contributed by atoms with Gasteiger partial charge in [0.05, 0.1) is 12.2 Å². The number of fused-ring (bicyclic) bond motifs is 1. The quantitative estimate of drug-likeness (QED) is 0.922. The van der Waals surface area contributed by atoms with Gasteiger partial charge in [-0.15, -0.1) is 0 Å². The molecule has 1 saturated heterocycles. The molecule has 1 aromatic rings. The summed E-state index contributed by atoms with van der Waals surface area (Å²) in [6.07, 6.45) is 7.52. The summed E-state index contributed by atoms with van der Waals surface area (Å²) in [6, 6.07) is 0. The third-order valence-corrected chi connectivity index (χ3v) is 6.38. The minimum Gasteiger partial charge on any atom is -0.392 e. The number of anilines is 1. The van der Waals surface area contributed by atoms with Crippen LogP contribution in [0.4, 0.5) is 5.82 Å². The van der Waals surface area contributed by atoms with Crippen molar-refractivity contribution in [2.75, 3.05) is 24.6 Å². The molecule has 2 aliphatic carbocycles. The molecule has 132 valence electrons. The van der Waals surface area contributed by atoms with Gasteiger partial charge in [-0.1, -0.05) is 0 Å². The monoisotopic (exact) mass is 331 g/mol. The summed E-state index contributed by atoms with van der Waals surface area (Å²) in [6.45, 7) is 6.71. The van der Waals surface area contributed by atoms with Gasteiger partial charge < -0.3 is 14.7 Å². The molecule has 2 fully saturated rings. The van der Waals surface area contributed by atoms with Crippen molar-refractivity contribution < 1.29 is 9.84 Å². The van der Waals surface area contributed by atoms with Crippen molar-refractivity contribution in [2.24, 2.45) is 5.41 Å². The Balaban J connectivity index is 1.53. The van der Waals surface area contributed by atoms with Crippen molar-refractivity contribution in [3.8, 4) is 0 Å². The molecule has 0 radical (unpaired) electrons. The Labute approximate surface area is 144 Å². The minimum atomic E-state index is -0.197. The molecule has 0 aromatic carbocycles. The zero-order chi connectivity index (χ0) is 16.7. The first-order valence-electron chi connectivity index (χ1n) is 9.55. The predicted molar refractivity (Wildman–Crippen MR) is 93.3 cm³/mol. The largest absolute Gasteiger partial charge is 0.392 e. The third-order valence-electron chi connectivity index (χ3n) is 6.38. The first kappa shape index (κ1) is 16.3. The van der Waals surface area contributed by atoms with Crippen LogP contribution in [-0.2, 0) is 17.6 Å². The summed E-state index contributed by atoms with van der Waals surface area (Å²) in [5, 5.41) is 10.4. The van der Waals surface area contributed by atoms with Gasteiger partial charge in [0.25, 0.3) is 0 Å². The lowest BCUT2D eigenvalue weighted by atomic mass is 9.58. The summed E-state index contributed by atoms with van der Waals surface area (Å²) in [5.74, 6) is 2.05. The van der Waals surface area contributed by atoms with Gasteiger partial charge >= 0.3 is 0 Å². The van der Waals surface area contributed by atoms with E-state index in [1.54, 1.807) is 0 Å². The zero-order valence-electron chi connectivity index (χ0n) is 14.9. The summed E-state index contributed by atoms with van der Waals surface area (Å²) in [4.78, 5) is 11.9. The molecule has 3 aliphatic rings. The Bertz CT molecular complexity index is 609. The normalized spacial score (nSPS) is 28.5. The van der Waals surface area contributed by atoms with Crippen LogP contribution in [0, 0.1) is 12.3 Å². The van der Waals surface area contributed by atoms with Gasteiger partial charge in [-0.05, 0) is 52.4 Å². The minimum absolute atomic E-state index is 0.0192. The van der Waals surface area contributed by atoms with Gasteiger partial charge in [0.15, 0.2) is 0 Å². The second-order valence-corrected chi connectivity index (χ2v) is 7.64. The maximum Gasteiger partial charge on any atom is 0.135 e. The van der Waals surface area contributed by atoms with Crippen molar-refractivity contribution in [2.45, 2.75) is 71.0 Å². The number of aliphatic hydroxyl groups excluding tert-OH is 1. The molecule has 0 bridgehead atoms. The molecule has 2 atom stereocenters. The highest BCUT2D eigenvalue weighted by Crippen LogP contribution is 2.51. The van der Waals surface area contributed by atoms with Crippen LogP contribution >= 0.6 is 0 Å². The fraction of sp³-hybridized carbons (Fsp3) is 0.789. The van der Waals surface area contributed by atoms with Crippen molar-refractivity contribution in [1.29, 1.82) is 0 Å². The van der Waals surface area contributed by atoms with E-state index in [2.05, 4.69) is 9.88 Å². The lowest BCUT2D eigenvalue weighted by Crippen LogP contribution is -2.62. The van der Waals surface area contributed by atoms with E-state index in [9.17, 15) is 5.11 Å². The number of hydrogen-bond acceptors (Lipinski definition) is 5. The fourth-order valence-corrected chi connectivity index (χ4v) is 4.91. The van der Waals surface area contributed by atoms with Gasteiger partial charge in [-0.25, -0.2) is 9.97 Å². The Morgan fingerprint density at radius 3 is 2.67 bits per heavy atom. The van der Waals surface area contributed by atoms with E-state index in [1.807, 2.05) is 13.8 Å². The number of aromatic nitrogens is 2. The average Bonchev–Trinajstić information content (AvgIpc) is 2.61. The van der Waals surface area contributed by atoms with Crippen LogP contribution in [0.5, 0.6) is 0 Å². The molecule has 1 aliphatic heterocycles. The molecule has 1 saturated carbocycles. The number of hydrogen-bond donors (Lipinski definition) is 1. The molecule has 1 aromatic heterocycles. The van der Waals surface area contributed by atoms with Crippen LogP contribution in [0.2, 0.25) is 0 Å². The molecule has 24 heavy (non-hydrogen) atoms. The van der Waals surface area contributed by atoms with E-state index in [0.29, 0.717) is 0 Å². The molecule has 1 spiro atoms. The van der Waals surface area contributed by atoms with Crippen molar-refractivity contribution in [1.82, 2.24) is 9.97 Å². The Kier molecular flexibility index (Phi) is 4.25. The maximum atomic E-state index is 10.4. The number of aryl methyl sites for hydroxylation is 2. The molecule has 5 heteroatoms. The molecule has 1 N–H and O–H groups in total. The second kappa shape index (κ2) is 6.26. The van der Waals surface area contributed by atoms with E-state index in [-0.39, 0.29) is 17.6 Å². The Hall–Kier alpha value is -1.20. The number of aliphatic hydroxyl groups is 1. The fourth-order valence-electron chi connectivity index (χ4n) is 4.91. The van der Waals surface area contributed by atoms with Crippen LogP contribution in [0.3, 0.4) is 0 Å². The number of nitrogens with zero attached hydrogens (tertiary/aromatic N) is 3. The number of rotatable bonds is 3. The van der Waals surface area contributed by atoms with Crippen LogP contribution in [0.1, 0.15) is 56.1 Å². The highest BCUT2D eigenvalue weighted by atomic mass is 16.5. The SMILES string of the molecule is CCOC1CC(O)C12CCN(c1nc(C)nc3c1CCCC3)CC2. The van der Waals surface area contributed by atoms with Crippen LogP contribution in [0.25, 0.3) is 0 Å². The Morgan fingerprint density at radius 1 is 1.21 bits per heavy atom. The molecule has 4 rings (SSSR count). The van der Waals surface area contributed by atoms with E-state index >= 15 is 0 Å².